The molecular formula is C28H48. The summed E-state index contributed by atoms with van der Waals surface area (Å²) in [7, 11) is 0. The van der Waals surface area contributed by atoms with E-state index in [1.54, 1.807) is 0 Å². The number of allylic oxidation sites excluding steroid dienone is 9. The minimum absolute atomic E-state index is 0.695. The molecule has 0 saturated heterocycles. The van der Waals surface area contributed by atoms with E-state index in [0.717, 1.165) is 0 Å². The van der Waals surface area contributed by atoms with Crippen molar-refractivity contribution in [2.45, 2.75) is 110 Å². The summed E-state index contributed by atoms with van der Waals surface area (Å²) in [5.41, 5.74) is 0. The molecule has 0 aromatic carbocycles. The van der Waals surface area contributed by atoms with Crippen molar-refractivity contribution in [2.24, 2.45) is 5.92 Å². The van der Waals surface area contributed by atoms with Crippen LogP contribution < -0.4 is 0 Å². The van der Waals surface area contributed by atoms with Crippen molar-refractivity contribution in [1.29, 1.82) is 0 Å². The van der Waals surface area contributed by atoms with Gasteiger partial charge >= 0.3 is 0 Å². The van der Waals surface area contributed by atoms with Crippen molar-refractivity contribution < 1.29 is 0 Å². The molecule has 0 fully saturated rings. The molecule has 0 N–H and O–H groups in total. The van der Waals surface area contributed by atoms with Crippen LogP contribution in [0.4, 0.5) is 0 Å². The molecule has 0 aliphatic heterocycles. The molecule has 160 valence electrons. The van der Waals surface area contributed by atoms with Crippen LogP contribution >= 0.6 is 0 Å². The van der Waals surface area contributed by atoms with E-state index in [-0.39, 0.29) is 0 Å². The highest BCUT2D eigenvalue weighted by atomic mass is 14.0. The summed E-state index contributed by atoms with van der Waals surface area (Å²) in [5, 5.41) is 0. The SMILES string of the molecule is C=CCCCCCCC=CCCCCCCC(C)C=CC=CC=CCCCC. The van der Waals surface area contributed by atoms with Crippen LogP contribution in [0.1, 0.15) is 110 Å². The Kier molecular flexibility index (Phi) is 22.6. The molecule has 0 rings (SSSR count). The van der Waals surface area contributed by atoms with Crippen LogP contribution in [0.2, 0.25) is 0 Å². The van der Waals surface area contributed by atoms with Gasteiger partial charge in [0.1, 0.15) is 0 Å². The Bertz CT molecular complexity index is 421. The summed E-state index contributed by atoms with van der Waals surface area (Å²) >= 11 is 0. The van der Waals surface area contributed by atoms with Gasteiger partial charge in [-0.25, -0.2) is 0 Å². The average molecular weight is 385 g/mol. The van der Waals surface area contributed by atoms with E-state index in [9.17, 15) is 0 Å². The fraction of sp³-hybridized carbons (Fsp3) is 0.643. The fourth-order valence-corrected chi connectivity index (χ4v) is 3.20. The second kappa shape index (κ2) is 23.7. The number of hydrogen-bond donors (Lipinski definition) is 0. The van der Waals surface area contributed by atoms with Crippen LogP contribution in [0.15, 0.2) is 61.3 Å². The maximum absolute atomic E-state index is 3.77. The van der Waals surface area contributed by atoms with E-state index < -0.39 is 0 Å². The largest absolute Gasteiger partial charge is 0.103 e. The molecule has 1 unspecified atom stereocenters. The van der Waals surface area contributed by atoms with Crippen molar-refractivity contribution in [1.82, 2.24) is 0 Å². The first-order chi connectivity index (χ1) is 13.8. The van der Waals surface area contributed by atoms with Gasteiger partial charge in [-0.3, -0.25) is 0 Å². The lowest BCUT2D eigenvalue weighted by atomic mass is 10.0. The molecular weight excluding hydrogens is 336 g/mol. The van der Waals surface area contributed by atoms with Gasteiger partial charge in [-0.1, -0.05) is 113 Å². The lowest BCUT2D eigenvalue weighted by Crippen LogP contribution is -1.89. The number of hydrogen-bond acceptors (Lipinski definition) is 0. The Hall–Kier alpha value is -1.30. The molecule has 0 nitrogen and oxygen atoms in total. The van der Waals surface area contributed by atoms with Crippen molar-refractivity contribution >= 4 is 0 Å². The minimum Gasteiger partial charge on any atom is -0.103 e. The topological polar surface area (TPSA) is 0 Å². The number of unbranched alkanes of at least 4 members (excludes halogenated alkanes) is 11. The zero-order valence-electron chi connectivity index (χ0n) is 19.1. The Balaban J connectivity index is 3.41. The molecule has 0 heterocycles. The molecule has 1 atom stereocenters. The van der Waals surface area contributed by atoms with E-state index in [2.05, 4.69) is 69.0 Å². The smallest absolute Gasteiger partial charge is 0.0259 e. The van der Waals surface area contributed by atoms with E-state index in [1.165, 1.54) is 96.3 Å². The van der Waals surface area contributed by atoms with Crippen molar-refractivity contribution in [3.05, 3.63) is 61.3 Å². The van der Waals surface area contributed by atoms with Gasteiger partial charge in [-0.05, 0) is 57.3 Å². The molecule has 0 saturated carbocycles. The third kappa shape index (κ3) is 22.7. The molecule has 0 spiro atoms. The lowest BCUT2D eigenvalue weighted by molar-refractivity contribution is 0.555. The highest BCUT2D eigenvalue weighted by Gasteiger charge is 1.96. The fourth-order valence-electron chi connectivity index (χ4n) is 3.20. The predicted molar refractivity (Wildman–Crippen MR) is 131 cm³/mol. The molecule has 0 aromatic heterocycles. The molecule has 0 aliphatic rings. The van der Waals surface area contributed by atoms with Gasteiger partial charge in [0.15, 0.2) is 0 Å². The van der Waals surface area contributed by atoms with Crippen molar-refractivity contribution in [2.75, 3.05) is 0 Å². The molecule has 0 heteroatoms. The maximum Gasteiger partial charge on any atom is -0.0259 e. The monoisotopic (exact) mass is 384 g/mol. The zero-order valence-corrected chi connectivity index (χ0v) is 19.1. The second-order valence-corrected chi connectivity index (χ2v) is 8.06. The standard InChI is InChI=1S/C28H48/c1-4-6-8-10-12-14-15-16-17-18-19-21-23-25-27-28(3)26-24-22-20-13-11-9-7-5-2/h4,11,13,16-17,20,22,24,26,28H,1,5-10,12,14-15,18-19,21,23,25,27H2,2-3H3. The maximum atomic E-state index is 3.77. The van der Waals surface area contributed by atoms with Gasteiger partial charge in [0.2, 0.25) is 0 Å². The van der Waals surface area contributed by atoms with E-state index in [1.807, 2.05) is 6.08 Å². The highest BCUT2D eigenvalue weighted by Crippen LogP contribution is 2.13. The van der Waals surface area contributed by atoms with Crippen LogP contribution in [0.3, 0.4) is 0 Å². The molecule has 0 bridgehead atoms. The summed E-state index contributed by atoms with van der Waals surface area (Å²) in [6, 6.07) is 0. The van der Waals surface area contributed by atoms with Crippen LogP contribution in [0.5, 0.6) is 0 Å². The zero-order chi connectivity index (χ0) is 20.5. The van der Waals surface area contributed by atoms with Crippen LogP contribution in [-0.2, 0) is 0 Å². The third-order valence-electron chi connectivity index (χ3n) is 5.11. The Morgan fingerprint density at radius 3 is 1.82 bits per heavy atom. The van der Waals surface area contributed by atoms with Crippen LogP contribution in [0.25, 0.3) is 0 Å². The lowest BCUT2D eigenvalue weighted by Gasteiger charge is -2.05. The Morgan fingerprint density at radius 1 is 0.607 bits per heavy atom. The van der Waals surface area contributed by atoms with Crippen molar-refractivity contribution in [3.8, 4) is 0 Å². The normalized spacial score (nSPS) is 13.5. The summed E-state index contributed by atoms with van der Waals surface area (Å²) in [4.78, 5) is 0. The van der Waals surface area contributed by atoms with Gasteiger partial charge in [-0.2, -0.15) is 0 Å². The summed E-state index contributed by atoms with van der Waals surface area (Å²) in [6.45, 7) is 8.34. The van der Waals surface area contributed by atoms with Crippen LogP contribution in [0, 0.1) is 5.92 Å². The molecule has 28 heavy (non-hydrogen) atoms. The molecule has 0 aliphatic carbocycles. The van der Waals surface area contributed by atoms with E-state index >= 15 is 0 Å². The Morgan fingerprint density at radius 2 is 1.18 bits per heavy atom. The quantitative estimate of drug-likeness (QED) is 0.111. The number of rotatable bonds is 20. The van der Waals surface area contributed by atoms with Gasteiger partial charge in [0.05, 0.1) is 0 Å². The summed E-state index contributed by atoms with van der Waals surface area (Å²) in [5.74, 6) is 0.695. The first-order valence-corrected chi connectivity index (χ1v) is 12.1. The summed E-state index contributed by atoms with van der Waals surface area (Å²) in [6.07, 6.45) is 39.8. The highest BCUT2D eigenvalue weighted by molar-refractivity contribution is 5.11. The van der Waals surface area contributed by atoms with E-state index in [0.29, 0.717) is 5.92 Å². The van der Waals surface area contributed by atoms with Gasteiger partial charge in [-0.15, -0.1) is 6.58 Å². The van der Waals surface area contributed by atoms with E-state index in [4.69, 9.17) is 0 Å². The second-order valence-electron chi connectivity index (χ2n) is 8.06. The molecule has 0 amide bonds. The average Bonchev–Trinajstić information content (AvgIpc) is 2.70. The van der Waals surface area contributed by atoms with Gasteiger partial charge in [0.25, 0.3) is 0 Å². The molecule has 0 aromatic rings. The van der Waals surface area contributed by atoms with Gasteiger partial charge in [0, 0.05) is 0 Å². The van der Waals surface area contributed by atoms with Crippen molar-refractivity contribution in [3.63, 3.8) is 0 Å². The third-order valence-corrected chi connectivity index (χ3v) is 5.11. The predicted octanol–water partition coefficient (Wildman–Crippen LogP) is 9.90. The first kappa shape index (κ1) is 26.7. The van der Waals surface area contributed by atoms with Crippen LogP contribution in [-0.4, -0.2) is 0 Å². The van der Waals surface area contributed by atoms with Gasteiger partial charge < -0.3 is 0 Å². The molecule has 0 radical (unpaired) electrons. The minimum atomic E-state index is 0.695. The summed E-state index contributed by atoms with van der Waals surface area (Å²) < 4.78 is 0. The first-order valence-electron chi connectivity index (χ1n) is 12.1. The Labute approximate surface area is 177 Å².